The maximum Gasteiger partial charge on any atom is 0.165 e. The molecule has 0 bridgehead atoms. The van der Waals surface area contributed by atoms with Crippen molar-refractivity contribution in [2.45, 2.75) is 24.7 Å². The number of hydrogen-bond donors (Lipinski definition) is 3. The molecule has 10 heteroatoms. The van der Waals surface area contributed by atoms with Crippen molar-refractivity contribution in [1.82, 2.24) is 19.5 Å². The van der Waals surface area contributed by atoms with Crippen LogP contribution < -0.4 is 4.90 Å². The fourth-order valence-corrected chi connectivity index (χ4v) is 2.97. The zero-order chi connectivity index (χ0) is 15.1. The fraction of sp³-hybridized carbons (Fsp3) is 0.615. The third kappa shape index (κ3) is 3.22. The van der Waals surface area contributed by atoms with E-state index in [2.05, 4.69) is 15.0 Å². The molecular weight excluding hydrogens is 345 g/mol. The summed E-state index contributed by atoms with van der Waals surface area (Å²) in [6, 6.07) is -0.355. The van der Waals surface area contributed by atoms with Gasteiger partial charge in [0.2, 0.25) is 0 Å². The number of aliphatic hydroxyl groups excluding tert-OH is 3. The molecule has 3 rings (SSSR count). The van der Waals surface area contributed by atoms with Gasteiger partial charge in [-0.1, -0.05) is 0 Å². The van der Waals surface area contributed by atoms with Gasteiger partial charge in [-0.05, 0) is 6.42 Å². The van der Waals surface area contributed by atoms with Crippen molar-refractivity contribution in [3.8, 4) is 0 Å². The summed E-state index contributed by atoms with van der Waals surface area (Å²) in [4.78, 5) is 14.6. The van der Waals surface area contributed by atoms with Gasteiger partial charge in [0.05, 0.1) is 18.5 Å². The molecule has 1 fully saturated rings. The normalized spacial score (nSPS) is 26.7. The van der Waals surface area contributed by atoms with E-state index in [9.17, 15) is 15.3 Å². The molecule has 0 aromatic carbocycles. The van der Waals surface area contributed by atoms with Crippen LogP contribution in [0.1, 0.15) is 12.5 Å². The summed E-state index contributed by atoms with van der Waals surface area (Å²) in [5.74, 6) is 0.364. The molecule has 23 heavy (non-hydrogen) atoms. The molecule has 1 saturated carbocycles. The van der Waals surface area contributed by atoms with E-state index >= 15 is 0 Å². The van der Waals surface area contributed by atoms with E-state index in [4.69, 9.17) is 0 Å². The lowest BCUT2D eigenvalue weighted by Gasteiger charge is -2.18. The summed E-state index contributed by atoms with van der Waals surface area (Å²) < 4.78 is 1.76. The summed E-state index contributed by atoms with van der Waals surface area (Å²) in [5.41, 5.74) is 1.26. The monoisotopic (exact) mass is 365 g/mol. The van der Waals surface area contributed by atoms with Crippen LogP contribution in [0.2, 0.25) is 0 Å². The second kappa shape index (κ2) is 7.59. The molecule has 8 nitrogen and oxygen atoms in total. The summed E-state index contributed by atoms with van der Waals surface area (Å²) in [7, 11) is 3.74. The largest absolute Gasteiger partial charge is 0.396 e. The highest BCUT2D eigenvalue weighted by atomic mass is 35.5. The Morgan fingerprint density at radius 3 is 2.43 bits per heavy atom. The maximum absolute atomic E-state index is 10.2. The first-order chi connectivity index (χ1) is 10.0. The van der Waals surface area contributed by atoms with E-state index < -0.39 is 12.2 Å². The van der Waals surface area contributed by atoms with Gasteiger partial charge in [0.15, 0.2) is 17.0 Å². The highest BCUT2D eigenvalue weighted by Crippen LogP contribution is 2.37. The quantitative estimate of drug-likeness (QED) is 0.702. The van der Waals surface area contributed by atoms with Gasteiger partial charge in [-0.3, -0.25) is 0 Å². The number of fused-ring (bicyclic) bond motifs is 1. The molecule has 2 heterocycles. The van der Waals surface area contributed by atoms with Gasteiger partial charge in [-0.2, -0.15) is 0 Å². The highest BCUT2D eigenvalue weighted by molar-refractivity contribution is 5.85. The van der Waals surface area contributed by atoms with Crippen LogP contribution in [0.25, 0.3) is 11.2 Å². The van der Waals surface area contributed by atoms with Crippen molar-refractivity contribution >= 4 is 41.8 Å². The number of imidazole rings is 1. The van der Waals surface area contributed by atoms with Gasteiger partial charge in [0, 0.05) is 26.6 Å². The zero-order valence-electron chi connectivity index (χ0n) is 12.8. The Kier molecular flexibility index (Phi) is 6.55. The predicted octanol–water partition coefficient (Wildman–Crippen LogP) is 0.0110. The number of rotatable bonds is 3. The first-order valence-electron chi connectivity index (χ1n) is 6.86. The van der Waals surface area contributed by atoms with Crippen LogP contribution >= 0.6 is 24.8 Å². The smallest absolute Gasteiger partial charge is 0.165 e. The zero-order valence-corrected chi connectivity index (χ0v) is 14.4. The van der Waals surface area contributed by atoms with Crippen molar-refractivity contribution in [2.75, 3.05) is 25.6 Å². The summed E-state index contributed by atoms with van der Waals surface area (Å²) in [6.45, 7) is -0.153. The number of aromatic nitrogens is 4. The first kappa shape index (κ1) is 19.9. The maximum atomic E-state index is 10.2. The Hall–Kier alpha value is -1.19. The van der Waals surface area contributed by atoms with Gasteiger partial charge in [0.25, 0.3) is 0 Å². The van der Waals surface area contributed by atoms with Gasteiger partial charge >= 0.3 is 0 Å². The van der Waals surface area contributed by atoms with E-state index in [1.54, 1.807) is 10.9 Å². The molecule has 0 amide bonds. The molecular formula is C13H21Cl2N5O3. The SMILES string of the molecule is CN(C)c1ncnc2c1ncn2[C@H]1C[C@@H](CO)[C@H](O)[C@@H]1O.Cl.Cl. The molecule has 0 aliphatic heterocycles. The average molecular weight is 366 g/mol. The van der Waals surface area contributed by atoms with E-state index in [1.165, 1.54) is 6.33 Å². The van der Waals surface area contributed by atoms with Gasteiger partial charge < -0.3 is 24.8 Å². The Morgan fingerprint density at radius 2 is 1.87 bits per heavy atom. The Balaban J connectivity index is 0.00000132. The van der Waals surface area contributed by atoms with Crippen molar-refractivity contribution in [3.05, 3.63) is 12.7 Å². The molecule has 3 N–H and O–H groups in total. The number of anilines is 1. The topological polar surface area (TPSA) is 108 Å². The highest BCUT2D eigenvalue weighted by Gasteiger charge is 2.42. The molecule has 0 unspecified atom stereocenters. The van der Waals surface area contributed by atoms with Crippen LogP contribution in [0, 0.1) is 5.92 Å². The van der Waals surface area contributed by atoms with Crippen molar-refractivity contribution in [1.29, 1.82) is 0 Å². The molecule has 1 aliphatic carbocycles. The van der Waals surface area contributed by atoms with Crippen molar-refractivity contribution in [2.24, 2.45) is 5.92 Å². The van der Waals surface area contributed by atoms with Crippen LogP contribution in [0.5, 0.6) is 0 Å². The molecule has 0 saturated heterocycles. The van der Waals surface area contributed by atoms with E-state index in [0.29, 0.717) is 23.4 Å². The van der Waals surface area contributed by atoms with E-state index in [1.807, 2.05) is 19.0 Å². The van der Waals surface area contributed by atoms with Crippen LogP contribution in [0.3, 0.4) is 0 Å². The third-order valence-corrected chi connectivity index (χ3v) is 4.13. The van der Waals surface area contributed by atoms with Crippen LogP contribution in [-0.4, -0.2) is 67.7 Å². The molecule has 2 aromatic rings. The second-order valence-electron chi connectivity index (χ2n) is 5.64. The van der Waals surface area contributed by atoms with Crippen molar-refractivity contribution in [3.63, 3.8) is 0 Å². The number of aliphatic hydroxyl groups is 3. The summed E-state index contributed by atoms with van der Waals surface area (Å²) in [5, 5.41) is 29.4. The molecule has 0 radical (unpaired) electrons. The van der Waals surface area contributed by atoms with E-state index in [0.717, 1.165) is 0 Å². The van der Waals surface area contributed by atoms with E-state index in [-0.39, 0.29) is 43.4 Å². The molecule has 2 aromatic heterocycles. The lowest BCUT2D eigenvalue weighted by atomic mass is 10.1. The minimum atomic E-state index is -0.947. The van der Waals surface area contributed by atoms with Crippen LogP contribution in [0.15, 0.2) is 12.7 Å². The summed E-state index contributed by atoms with van der Waals surface area (Å²) in [6.07, 6.45) is 1.65. The second-order valence-corrected chi connectivity index (χ2v) is 5.64. The number of hydrogen-bond acceptors (Lipinski definition) is 7. The van der Waals surface area contributed by atoms with Crippen molar-refractivity contribution < 1.29 is 15.3 Å². The Bertz CT molecular complexity index is 654. The molecule has 0 spiro atoms. The lowest BCUT2D eigenvalue weighted by molar-refractivity contribution is -0.00370. The minimum absolute atomic E-state index is 0. The Labute approximate surface area is 146 Å². The van der Waals surface area contributed by atoms with Gasteiger partial charge in [0.1, 0.15) is 12.4 Å². The average Bonchev–Trinajstić information content (AvgIpc) is 3.01. The minimum Gasteiger partial charge on any atom is -0.396 e. The van der Waals surface area contributed by atoms with Crippen LogP contribution in [0.4, 0.5) is 5.82 Å². The predicted molar refractivity (Wildman–Crippen MR) is 90.4 cm³/mol. The number of halogens is 2. The fourth-order valence-electron chi connectivity index (χ4n) is 2.97. The van der Waals surface area contributed by atoms with Gasteiger partial charge in [-0.15, -0.1) is 24.8 Å². The molecule has 1 aliphatic rings. The molecule has 4 atom stereocenters. The van der Waals surface area contributed by atoms with Gasteiger partial charge in [-0.25, -0.2) is 15.0 Å². The first-order valence-corrected chi connectivity index (χ1v) is 6.86. The molecule has 130 valence electrons. The third-order valence-electron chi connectivity index (χ3n) is 4.13. The lowest BCUT2D eigenvalue weighted by Crippen LogP contribution is -2.30. The summed E-state index contributed by atoms with van der Waals surface area (Å²) >= 11 is 0. The Morgan fingerprint density at radius 1 is 1.17 bits per heavy atom. The standard InChI is InChI=1S/C13H19N5O3.2ClH/c1-17(2)12-9-13(15-5-14-12)18(6-16-9)8-3-7(4-19)10(20)11(8)21;;/h5-8,10-11,19-21H,3-4H2,1-2H3;2*1H/t7-,8-,10-,11+;;/m0../s1. The number of nitrogens with zero attached hydrogens (tertiary/aromatic N) is 5. The van der Waals surface area contributed by atoms with Crippen LogP contribution in [-0.2, 0) is 0 Å².